The predicted molar refractivity (Wildman–Crippen MR) is 172 cm³/mol. The standard InChI is InChI=1S/C37H39N3O2/c1-2-13-32-16-6-9-19-35(32)42-27-11-10-26-40-34-18-8-7-17-33(34)39-36(40)20-12-25-38-37(41)28-29-21-23-31(24-22-29)30-14-4-3-5-15-30/h2-9,14-19,21-24H,1,10-13,20,25-28H2,(H,38,41). The first-order chi connectivity index (χ1) is 20.7. The van der Waals surface area contributed by atoms with Crippen molar-refractivity contribution in [1.82, 2.24) is 14.9 Å². The number of hydrogen-bond acceptors (Lipinski definition) is 3. The van der Waals surface area contributed by atoms with Gasteiger partial charge in [-0.15, -0.1) is 6.58 Å². The van der Waals surface area contributed by atoms with Crippen LogP contribution in [0.15, 0.2) is 116 Å². The van der Waals surface area contributed by atoms with Crippen LogP contribution in [-0.2, 0) is 30.6 Å². The Morgan fingerprint density at radius 1 is 0.833 bits per heavy atom. The third kappa shape index (κ3) is 7.76. The van der Waals surface area contributed by atoms with Gasteiger partial charge in [-0.3, -0.25) is 4.79 Å². The molecule has 0 aliphatic rings. The quantitative estimate of drug-likeness (QED) is 0.107. The Morgan fingerprint density at radius 2 is 1.57 bits per heavy atom. The molecule has 1 N–H and O–H groups in total. The van der Waals surface area contributed by atoms with Crippen molar-refractivity contribution >= 4 is 16.9 Å². The molecule has 1 amide bonds. The van der Waals surface area contributed by atoms with Gasteiger partial charge < -0.3 is 14.6 Å². The van der Waals surface area contributed by atoms with Gasteiger partial charge in [-0.1, -0.05) is 91.0 Å². The number of fused-ring (bicyclic) bond motifs is 1. The lowest BCUT2D eigenvalue weighted by Crippen LogP contribution is -2.26. The second-order valence-electron chi connectivity index (χ2n) is 10.5. The Bertz CT molecular complexity index is 1590. The summed E-state index contributed by atoms with van der Waals surface area (Å²) in [5.41, 5.74) is 6.70. The molecule has 5 aromatic rings. The van der Waals surface area contributed by atoms with Crippen molar-refractivity contribution in [2.75, 3.05) is 13.2 Å². The zero-order chi connectivity index (χ0) is 29.0. The van der Waals surface area contributed by atoms with Gasteiger partial charge >= 0.3 is 0 Å². The number of imidazole rings is 1. The Morgan fingerprint density at radius 3 is 2.40 bits per heavy atom. The summed E-state index contributed by atoms with van der Waals surface area (Å²) in [6.45, 7) is 6.04. The molecule has 214 valence electrons. The van der Waals surface area contributed by atoms with Crippen molar-refractivity contribution in [3.05, 3.63) is 133 Å². The molecule has 0 saturated heterocycles. The van der Waals surface area contributed by atoms with Gasteiger partial charge in [0.15, 0.2) is 0 Å². The number of aryl methyl sites for hydroxylation is 2. The molecule has 0 spiro atoms. The SMILES string of the molecule is C=CCc1ccccc1OCCCCn1c(CCCNC(=O)Cc2ccc(-c3ccccc3)cc2)nc2ccccc21. The highest BCUT2D eigenvalue weighted by molar-refractivity contribution is 5.79. The van der Waals surface area contributed by atoms with Crippen LogP contribution in [0.2, 0.25) is 0 Å². The van der Waals surface area contributed by atoms with Gasteiger partial charge in [0.2, 0.25) is 5.91 Å². The van der Waals surface area contributed by atoms with Gasteiger partial charge in [0.05, 0.1) is 24.1 Å². The van der Waals surface area contributed by atoms with Crippen molar-refractivity contribution in [2.24, 2.45) is 0 Å². The molecular formula is C37H39N3O2. The number of amides is 1. The monoisotopic (exact) mass is 557 g/mol. The number of para-hydroxylation sites is 3. The van der Waals surface area contributed by atoms with E-state index in [1.165, 1.54) is 11.1 Å². The molecule has 0 saturated carbocycles. The van der Waals surface area contributed by atoms with Crippen LogP contribution in [0.25, 0.3) is 22.2 Å². The first-order valence-corrected chi connectivity index (χ1v) is 14.9. The van der Waals surface area contributed by atoms with Crippen LogP contribution in [0.3, 0.4) is 0 Å². The summed E-state index contributed by atoms with van der Waals surface area (Å²) in [5.74, 6) is 2.06. The molecule has 42 heavy (non-hydrogen) atoms. The zero-order valence-electron chi connectivity index (χ0n) is 24.2. The fourth-order valence-electron chi connectivity index (χ4n) is 5.26. The number of carbonyl (C=O) groups is 1. The lowest BCUT2D eigenvalue weighted by molar-refractivity contribution is -0.120. The molecule has 0 atom stereocenters. The second kappa shape index (κ2) is 14.8. The lowest BCUT2D eigenvalue weighted by atomic mass is 10.0. The summed E-state index contributed by atoms with van der Waals surface area (Å²) in [4.78, 5) is 17.5. The summed E-state index contributed by atoms with van der Waals surface area (Å²) in [5, 5.41) is 3.09. The van der Waals surface area contributed by atoms with E-state index in [0.29, 0.717) is 19.6 Å². The molecule has 0 unspecified atom stereocenters. The van der Waals surface area contributed by atoms with E-state index in [1.807, 2.05) is 60.7 Å². The zero-order valence-corrected chi connectivity index (χ0v) is 24.2. The van der Waals surface area contributed by atoms with E-state index in [9.17, 15) is 4.79 Å². The van der Waals surface area contributed by atoms with Crippen LogP contribution in [0, 0.1) is 0 Å². The third-order valence-corrected chi connectivity index (χ3v) is 7.43. The number of hydrogen-bond donors (Lipinski definition) is 1. The van der Waals surface area contributed by atoms with Gasteiger partial charge in [-0.05, 0) is 66.1 Å². The molecule has 0 radical (unpaired) electrons. The average Bonchev–Trinajstić information content (AvgIpc) is 3.38. The third-order valence-electron chi connectivity index (χ3n) is 7.43. The number of nitrogens with one attached hydrogen (secondary N) is 1. The molecule has 0 aliphatic heterocycles. The van der Waals surface area contributed by atoms with E-state index in [4.69, 9.17) is 9.72 Å². The minimum Gasteiger partial charge on any atom is -0.493 e. The molecule has 0 aliphatic carbocycles. The van der Waals surface area contributed by atoms with E-state index in [2.05, 4.69) is 65.0 Å². The van der Waals surface area contributed by atoms with Crippen molar-refractivity contribution in [2.45, 2.75) is 45.1 Å². The number of benzene rings is 4. The molecule has 5 nitrogen and oxygen atoms in total. The Hall–Kier alpha value is -4.64. The number of nitrogens with zero attached hydrogens (tertiary/aromatic N) is 2. The van der Waals surface area contributed by atoms with Crippen molar-refractivity contribution in [1.29, 1.82) is 0 Å². The maximum absolute atomic E-state index is 12.6. The van der Waals surface area contributed by atoms with E-state index in [0.717, 1.165) is 72.4 Å². The first-order valence-electron chi connectivity index (χ1n) is 14.9. The number of carbonyl (C=O) groups excluding carboxylic acids is 1. The topological polar surface area (TPSA) is 56.1 Å². The van der Waals surface area contributed by atoms with Gasteiger partial charge in [0.25, 0.3) is 0 Å². The highest BCUT2D eigenvalue weighted by atomic mass is 16.5. The van der Waals surface area contributed by atoms with E-state index >= 15 is 0 Å². The van der Waals surface area contributed by atoms with E-state index < -0.39 is 0 Å². The number of allylic oxidation sites excluding steroid dienone is 1. The molecule has 0 fully saturated rings. The average molecular weight is 558 g/mol. The second-order valence-corrected chi connectivity index (χ2v) is 10.5. The van der Waals surface area contributed by atoms with Crippen molar-refractivity contribution in [3.8, 4) is 16.9 Å². The van der Waals surface area contributed by atoms with E-state index in [-0.39, 0.29) is 5.91 Å². The maximum atomic E-state index is 12.6. The molecule has 0 bridgehead atoms. The lowest BCUT2D eigenvalue weighted by Gasteiger charge is -2.12. The number of rotatable bonds is 15. The van der Waals surface area contributed by atoms with Crippen molar-refractivity contribution in [3.63, 3.8) is 0 Å². The van der Waals surface area contributed by atoms with Crippen molar-refractivity contribution < 1.29 is 9.53 Å². The van der Waals surface area contributed by atoms with Crippen LogP contribution in [0.4, 0.5) is 0 Å². The summed E-state index contributed by atoms with van der Waals surface area (Å²) in [7, 11) is 0. The van der Waals surface area contributed by atoms with Crippen LogP contribution in [0.1, 0.15) is 36.2 Å². The van der Waals surface area contributed by atoms with Gasteiger partial charge in [-0.2, -0.15) is 0 Å². The van der Waals surface area contributed by atoms with Crippen LogP contribution in [0.5, 0.6) is 5.75 Å². The van der Waals surface area contributed by atoms with E-state index in [1.54, 1.807) is 0 Å². The van der Waals surface area contributed by atoms with Gasteiger partial charge in [-0.25, -0.2) is 4.98 Å². The fourth-order valence-corrected chi connectivity index (χ4v) is 5.26. The van der Waals surface area contributed by atoms with Crippen LogP contribution >= 0.6 is 0 Å². The normalized spacial score (nSPS) is 11.0. The minimum atomic E-state index is 0.0469. The molecule has 5 rings (SSSR count). The highest BCUT2D eigenvalue weighted by Gasteiger charge is 2.11. The predicted octanol–water partition coefficient (Wildman–Crippen LogP) is 7.58. The van der Waals surface area contributed by atoms with Crippen LogP contribution < -0.4 is 10.1 Å². The Balaban J connectivity index is 1.08. The summed E-state index contributed by atoms with van der Waals surface area (Å²) in [6, 6.07) is 35.0. The molecular weight excluding hydrogens is 518 g/mol. The number of ether oxygens (including phenoxy) is 1. The highest BCUT2D eigenvalue weighted by Crippen LogP contribution is 2.21. The fraction of sp³-hybridized carbons (Fsp3) is 0.243. The number of aromatic nitrogens is 2. The van der Waals surface area contributed by atoms with Crippen LogP contribution in [-0.4, -0.2) is 28.6 Å². The summed E-state index contributed by atoms with van der Waals surface area (Å²) in [6.07, 6.45) is 6.70. The molecule has 1 aromatic heterocycles. The van der Waals surface area contributed by atoms with Gasteiger partial charge in [0.1, 0.15) is 11.6 Å². The minimum absolute atomic E-state index is 0.0469. The Labute approximate surface area is 248 Å². The molecule has 5 heteroatoms. The number of unbranched alkanes of at least 4 members (excludes halogenated alkanes) is 1. The largest absolute Gasteiger partial charge is 0.493 e. The Kier molecular flexibility index (Phi) is 10.2. The molecule has 1 heterocycles. The maximum Gasteiger partial charge on any atom is 0.224 e. The molecule has 4 aromatic carbocycles. The van der Waals surface area contributed by atoms with Gasteiger partial charge in [0, 0.05) is 19.5 Å². The summed E-state index contributed by atoms with van der Waals surface area (Å²) >= 11 is 0. The smallest absolute Gasteiger partial charge is 0.224 e. The summed E-state index contributed by atoms with van der Waals surface area (Å²) < 4.78 is 8.41. The first kappa shape index (κ1) is 28.9.